The second-order valence-corrected chi connectivity index (χ2v) is 5.19. The van der Waals surface area contributed by atoms with Crippen LogP contribution in [0, 0.1) is 13.8 Å². The van der Waals surface area contributed by atoms with Crippen molar-refractivity contribution in [1.29, 1.82) is 0 Å². The highest BCUT2D eigenvalue weighted by Gasteiger charge is 2.12. The van der Waals surface area contributed by atoms with Gasteiger partial charge in [-0.25, -0.2) is 4.79 Å². The molecule has 2 rings (SSSR count). The summed E-state index contributed by atoms with van der Waals surface area (Å²) in [5.41, 5.74) is 2.28. The van der Waals surface area contributed by atoms with Crippen LogP contribution in [0.4, 0.5) is 4.79 Å². The van der Waals surface area contributed by atoms with Gasteiger partial charge in [0.15, 0.2) is 0 Å². The van der Waals surface area contributed by atoms with Crippen LogP contribution in [-0.4, -0.2) is 22.8 Å². The maximum Gasteiger partial charge on any atom is 0.315 e. The second-order valence-electron chi connectivity index (χ2n) is 5.19. The molecule has 2 aromatic rings. The predicted octanol–water partition coefficient (Wildman–Crippen LogP) is 2.61. The zero-order valence-electron chi connectivity index (χ0n) is 12.7. The van der Waals surface area contributed by atoms with E-state index < -0.39 is 0 Å². The molecule has 3 N–H and O–H groups in total. The van der Waals surface area contributed by atoms with Crippen molar-refractivity contribution >= 4 is 6.03 Å². The summed E-state index contributed by atoms with van der Waals surface area (Å²) in [4.78, 5) is 11.8. The van der Waals surface area contributed by atoms with E-state index in [4.69, 9.17) is 4.42 Å². The Labute approximate surface area is 124 Å². The number of furan rings is 1. The first kappa shape index (κ1) is 15.2. The Morgan fingerprint density at radius 3 is 2.86 bits per heavy atom. The lowest BCUT2D eigenvalue weighted by Gasteiger charge is -2.12. The van der Waals surface area contributed by atoms with E-state index in [0.717, 1.165) is 30.1 Å². The maximum atomic E-state index is 11.8. The average molecular weight is 290 g/mol. The number of hydrogen-bond acceptors (Lipinski definition) is 3. The number of aromatic amines is 1. The number of carbonyl (C=O) groups excluding carboxylic acids is 1. The lowest BCUT2D eigenvalue weighted by Crippen LogP contribution is -2.37. The predicted molar refractivity (Wildman–Crippen MR) is 80.0 cm³/mol. The van der Waals surface area contributed by atoms with E-state index in [2.05, 4.69) is 20.8 Å². The summed E-state index contributed by atoms with van der Waals surface area (Å²) in [6.45, 7) is 6.40. The molecule has 2 heterocycles. The van der Waals surface area contributed by atoms with Gasteiger partial charge in [-0.3, -0.25) is 5.10 Å². The molecule has 1 atom stereocenters. The van der Waals surface area contributed by atoms with E-state index >= 15 is 0 Å². The van der Waals surface area contributed by atoms with Crippen LogP contribution in [0.25, 0.3) is 0 Å². The van der Waals surface area contributed by atoms with Gasteiger partial charge in [0.1, 0.15) is 11.5 Å². The first-order chi connectivity index (χ1) is 10.1. The Hall–Kier alpha value is -2.24. The summed E-state index contributed by atoms with van der Waals surface area (Å²) in [5, 5.41) is 12.6. The van der Waals surface area contributed by atoms with Gasteiger partial charge in [0.2, 0.25) is 0 Å². The van der Waals surface area contributed by atoms with Crippen LogP contribution < -0.4 is 10.6 Å². The van der Waals surface area contributed by atoms with Gasteiger partial charge in [-0.2, -0.15) is 5.10 Å². The van der Waals surface area contributed by atoms with Crippen molar-refractivity contribution < 1.29 is 9.21 Å². The highest BCUT2D eigenvalue weighted by atomic mass is 16.3. The van der Waals surface area contributed by atoms with Crippen LogP contribution in [0.2, 0.25) is 0 Å². The first-order valence-electron chi connectivity index (χ1n) is 7.16. The van der Waals surface area contributed by atoms with E-state index in [9.17, 15) is 4.79 Å². The molecule has 0 bridgehead atoms. The Morgan fingerprint density at radius 2 is 2.24 bits per heavy atom. The average Bonchev–Trinajstić information content (AvgIpc) is 3.04. The minimum absolute atomic E-state index is 0.144. The number of nitrogens with one attached hydrogen (secondary N) is 3. The summed E-state index contributed by atoms with van der Waals surface area (Å²) < 4.78 is 5.48. The van der Waals surface area contributed by atoms with Crippen molar-refractivity contribution in [1.82, 2.24) is 20.8 Å². The largest absolute Gasteiger partial charge is 0.464 e. The van der Waals surface area contributed by atoms with Crippen LogP contribution in [-0.2, 0) is 6.42 Å². The molecule has 0 fully saturated rings. The van der Waals surface area contributed by atoms with Crippen LogP contribution in [0.5, 0.6) is 0 Å². The van der Waals surface area contributed by atoms with Crippen molar-refractivity contribution in [3.63, 3.8) is 0 Å². The Morgan fingerprint density at radius 1 is 1.43 bits per heavy atom. The molecule has 0 radical (unpaired) electrons. The third-order valence-electron chi connectivity index (χ3n) is 3.38. The van der Waals surface area contributed by atoms with E-state index in [1.807, 2.05) is 39.1 Å². The van der Waals surface area contributed by atoms with Crippen LogP contribution in [0.3, 0.4) is 0 Å². The molecule has 1 unspecified atom stereocenters. The Bertz CT molecular complexity index is 588. The summed E-state index contributed by atoms with van der Waals surface area (Å²) in [5.74, 6) is 1.60. The number of aromatic nitrogens is 2. The van der Waals surface area contributed by atoms with Gasteiger partial charge in [-0.1, -0.05) is 0 Å². The molecule has 2 aromatic heterocycles. The Kier molecular flexibility index (Phi) is 5.03. The van der Waals surface area contributed by atoms with Gasteiger partial charge >= 0.3 is 6.03 Å². The van der Waals surface area contributed by atoms with E-state index in [0.29, 0.717) is 6.54 Å². The SMILES string of the molecule is Cc1ccc(C(C)NC(=O)NCCCc2cn[nH]c2C)o1. The monoisotopic (exact) mass is 290 g/mol. The van der Waals surface area contributed by atoms with Crippen LogP contribution in [0.15, 0.2) is 22.7 Å². The fourth-order valence-electron chi connectivity index (χ4n) is 2.11. The first-order valence-corrected chi connectivity index (χ1v) is 7.16. The molecular weight excluding hydrogens is 268 g/mol. The molecule has 6 heteroatoms. The quantitative estimate of drug-likeness (QED) is 0.715. The molecule has 2 amide bonds. The maximum absolute atomic E-state index is 11.8. The minimum Gasteiger partial charge on any atom is -0.464 e. The molecule has 21 heavy (non-hydrogen) atoms. The highest BCUT2D eigenvalue weighted by molar-refractivity contribution is 5.74. The fourth-order valence-corrected chi connectivity index (χ4v) is 2.11. The lowest BCUT2D eigenvalue weighted by atomic mass is 10.1. The molecule has 6 nitrogen and oxygen atoms in total. The van der Waals surface area contributed by atoms with E-state index in [-0.39, 0.29) is 12.1 Å². The number of nitrogens with zero attached hydrogens (tertiary/aromatic N) is 1. The highest BCUT2D eigenvalue weighted by Crippen LogP contribution is 2.15. The smallest absolute Gasteiger partial charge is 0.315 e. The van der Waals surface area contributed by atoms with Crippen LogP contribution in [0.1, 0.15) is 42.2 Å². The molecule has 0 aliphatic rings. The van der Waals surface area contributed by atoms with Crippen molar-refractivity contribution in [3.8, 4) is 0 Å². The molecule has 114 valence electrons. The molecule has 0 aliphatic carbocycles. The molecule has 0 spiro atoms. The van der Waals surface area contributed by atoms with Crippen molar-refractivity contribution in [2.24, 2.45) is 0 Å². The summed E-state index contributed by atoms with van der Waals surface area (Å²) in [7, 11) is 0. The van der Waals surface area contributed by atoms with Crippen LogP contribution >= 0.6 is 0 Å². The molecule has 0 aromatic carbocycles. The minimum atomic E-state index is -0.180. The van der Waals surface area contributed by atoms with E-state index in [1.165, 1.54) is 5.56 Å². The van der Waals surface area contributed by atoms with Gasteiger partial charge < -0.3 is 15.1 Å². The van der Waals surface area contributed by atoms with Crippen molar-refractivity contribution in [2.45, 2.75) is 39.7 Å². The number of rotatable bonds is 6. The number of H-pyrrole nitrogens is 1. The number of urea groups is 1. The number of aryl methyl sites for hydroxylation is 3. The normalized spacial score (nSPS) is 12.1. The number of amides is 2. The van der Waals surface area contributed by atoms with Gasteiger partial charge in [0, 0.05) is 12.2 Å². The second kappa shape index (κ2) is 6.97. The summed E-state index contributed by atoms with van der Waals surface area (Å²) in [6, 6.07) is 3.44. The zero-order valence-corrected chi connectivity index (χ0v) is 12.7. The third kappa shape index (κ3) is 4.37. The summed E-state index contributed by atoms with van der Waals surface area (Å²) in [6.07, 6.45) is 3.61. The van der Waals surface area contributed by atoms with Gasteiger partial charge in [0.25, 0.3) is 0 Å². The van der Waals surface area contributed by atoms with Gasteiger partial charge in [0.05, 0.1) is 12.2 Å². The zero-order chi connectivity index (χ0) is 15.2. The summed E-state index contributed by atoms with van der Waals surface area (Å²) >= 11 is 0. The third-order valence-corrected chi connectivity index (χ3v) is 3.38. The standard InChI is InChI=1S/C15H22N4O2/c1-10-6-7-14(21-10)12(3)18-15(20)16-8-4-5-13-9-17-19-11(13)2/h6-7,9,12H,4-5,8H2,1-3H3,(H,17,19)(H2,16,18,20). The topological polar surface area (TPSA) is 83.0 Å². The van der Waals surface area contributed by atoms with E-state index in [1.54, 1.807) is 0 Å². The molecular formula is C15H22N4O2. The van der Waals surface area contributed by atoms with Crippen molar-refractivity contribution in [3.05, 3.63) is 41.1 Å². The Balaban J connectivity index is 1.67. The molecule has 0 saturated carbocycles. The van der Waals surface area contributed by atoms with Gasteiger partial charge in [-0.05, 0) is 51.3 Å². The fraction of sp³-hybridized carbons (Fsp3) is 0.467. The molecule has 0 saturated heterocycles. The van der Waals surface area contributed by atoms with Crippen molar-refractivity contribution in [2.75, 3.05) is 6.54 Å². The lowest BCUT2D eigenvalue weighted by molar-refractivity contribution is 0.236. The number of carbonyl (C=O) groups is 1. The van der Waals surface area contributed by atoms with Gasteiger partial charge in [-0.15, -0.1) is 0 Å². The molecule has 0 aliphatic heterocycles. The number of hydrogen-bond donors (Lipinski definition) is 3.